The van der Waals surface area contributed by atoms with Gasteiger partial charge in [0.15, 0.2) is 0 Å². The Balaban J connectivity index is 2.15. The summed E-state index contributed by atoms with van der Waals surface area (Å²) in [6.07, 6.45) is 3.66. The van der Waals surface area contributed by atoms with Gasteiger partial charge in [0.05, 0.1) is 0 Å². The van der Waals surface area contributed by atoms with Gasteiger partial charge in [-0.3, -0.25) is 4.98 Å². The smallest absolute Gasteiger partial charge is 0.0486 e. The van der Waals surface area contributed by atoms with Crippen molar-refractivity contribution < 1.29 is 0 Å². The number of anilines is 2. The van der Waals surface area contributed by atoms with Crippen LogP contribution in [0.2, 0.25) is 0 Å². The Kier molecular flexibility index (Phi) is 4.05. The van der Waals surface area contributed by atoms with Gasteiger partial charge in [-0.2, -0.15) is 0 Å². The normalized spacial score (nSPS) is 12.0. The van der Waals surface area contributed by atoms with Crippen LogP contribution in [0.1, 0.15) is 24.1 Å². The zero-order valence-electron chi connectivity index (χ0n) is 12.0. The molecule has 0 amide bonds. The fourth-order valence-corrected chi connectivity index (χ4v) is 2.06. The van der Waals surface area contributed by atoms with Crippen molar-refractivity contribution in [1.82, 2.24) is 4.98 Å². The third-order valence-electron chi connectivity index (χ3n) is 3.30. The van der Waals surface area contributed by atoms with Gasteiger partial charge in [0.2, 0.25) is 0 Å². The zero-order valence-corrected chi connectivity index (χ0v) is 12.0. The van der Waals surface area contributed by atoms with Crippen molar-refractivity contribution in [3.05, 3.63) is 53.9 Å². The van der Waals surface area contributed by atoms with Crippen molar-refractivity contribution in [2.24, 2.45) is 0 Å². The molecule has 0 fully saturated rings. The molecule has 1 aromatic carbocycles. The van der Waals surface area contributed by atoms with Crippen molar-refractivity contribution in [1.29, 1.82) is 0 Å². The number of nitrogens with one attached hydrogen (secondary N) is 1. The molecule has 0 spiro atoms. The Bertz CT molecular complexity index is 535. The topological polar surface area (TPSA) is 28.2 Å². The minimum absolute atomic E-state index is 0.270. The molecule has 2 rings (SSSR count). The largest absolute Gasteiger partial charge is 0.378 e. The second-order valence-electron chi connectivity index (χ2n) is 5.04. The lowest BCUT2D eigenvalue weighted by Crippen LogP contribution is -2.10. The van der Waals surface area contributed by atoms with Gasteiger partial charge >= 0.3 is 0 Å². The number of hydrogen-bond acceptors (Lipinski definition) is 3. The third-order valence-corrected chi connectivity index (χ3v) is 3.30. The van der Waals surface area contributed by atoms with Crippen molar-refractivity contribution in [2.75, 3.05) is 24.3 Å². The first kappa shape index (κ1) is 13.4. The predicted molar refractivity (Wildman–Crippen MR) is 81.8 cm³/mol. The minimum Gasteiger partial charge on any atom is -0.378 e. The summed E-state index contributed by atoms with van der Waals surface area (Å²) in [5.41, 5.74) is 4.90. The number of rotatable bonds is 4. The summed E-state index contributed by atoms with van der Waals surface area (Å²) in [7, 11) is 4.11. The molecule has 0 bridgehead atoms. The van der Waals surface area contributed by atoms with E-state index in [1.165, 1.54) is 22.5 Å². The summed E-state index contributed by atoms with van der Waals surface area (Å²) < 4.78 is 0. The molecule has 0 saturated heterocycles. The number of aromatic nitrogens is 1. The average Bonchev–Trinajstić information content (AvgIpc) is 2.41. The van der Waals surface area contributed by atoms with Gasteiger partial charge in [0, 0.05) is 43.9 Å². The van der Waals surface area contributed by atoms with E-state index in [0.717, 1.165) is 0 Å². The standard InChI is InChI=1S/C16H21N3/c1-12-11-15(19(3)4)5-6-16(12)18-13(2)14-7-9-17-10-8-14/h5-11,13,18H,1-4H3. The number of hydrogen-bond donors (Lipinski definition) is 1. The monoisotopic (exact) mass is 255 g/mol. The molecule has 0 aliphatic rings. The van der Waals surface area contributed by atoms with Gasteiger partial charge in [-0.25, -0.2) is 0 Å². The SMILES string of the molecule is Cc1cc(N(C)C)ccc1NC(C)c1ccncc1. The number of benzene rings is 1. The molecule has 1 N–H and O–H groups in total. The van der Waals surface area contributed by atoms with Crippen LogP contribution in [-0.2, 0) is 0 Å². The van der Waals surface area contributed by atoms with Crippen LogP contribution in [0.4, 0.5) is 11.4 Å². The van der Waals surface area contributed by atoms with Crippen molar-refractivity contribution in [3.63, 3.8) is 0 Å². The molecule has 19 heavy (non-hydrogen) atoms. The third kappa shape index (κ3) is 3.25. The Labute approximate surface area is 115 Å². The first-order valence-corrected chi connectivity index (χ1v) is 6.52. The molecule has 0 aliphatic carbocycles. The van der Waals surface area contributed by atoms with Crippen LogP contribution in [0.5, 0.6) is 0 Å². The maximum absolute atomic E-state index is 4.05. The van der Waals surface area contributed by atoms with Gasteiger partial charge in [0.25, 0.3) is 0 Å². The van der Waals surface area contributed by atoms with E-state index in [9.17, 15) is 0 Å². The Morgan fingerprint density at radius 3 is 2.37 bits per heavy atom. The Morgan fingerprint density at radius 2 is 1.79 bits per heavy atom. The highest BCUT2D eigenvalue weighted by molar-refractivity contribution is 5.60. The zero-order chi connectivity index (χ0) is 13.8. The van der Waals surface area contributed by atoms with Crippen LogP contribution in [0.25, 0.3) is 0 Å². The maximum atomic E-state index is 4.05. The van der Waals surface area contributed by atoms with Crippen LogP contribution < -0.4 is 10.2 Å². The van der Waals surface area contributed by atoms with E-state index in [2.05, 4.69) is 61.3 Å². The molecule has 3 heteroatoms. The van der Waals surface area contributed by atoms with Gasteiger partial charge in [-0.15, -0.1) is 0 Å². The lowest BCUT2D eigenvalue weighted by molar-refractivity contribution is 0.878. The number of aryl methyl sites for hydroxylation is 1. The molecule has 3 nitrogen and oxygen atoms in total. The highest BCUT2D eigenvalue weighted by atomic mass is 15.1. The molecule has 1 atom stereocenters. The highest BCUT2D eigenvalue weighted by Crippen LogP contribution is 2.25. The van der Waals surface area contributed by atoms with Crippen LogP contribution in [0, 0.1) is 6.92 Å². The van der Waals surface area contributed by atoms with Crippen molar-refractivity contribution >= 4 is 11.4 Å². The molecule has 1 heterocycles. The molecule has 1 aromatic heterocycles. The summed E-state index contributed by atoms with van der Waals surface area (Å²) in [6.45, 7) is 4.29. The van der Waals surface area contributed by atoms with Gasteiger partial charge < -0.3 is 10.2 Å². The minimum atomic E-state index is 0.270. The molecule has 0 saturated carbocycles. The van der Waals surface area contributed by atoms with Crippen molar-refractivity contribution in [3.8, 4) is 0 Å². The van der Waals surface area contributed by atoms with E-state index in [-0.39, 0.29) is 6.04 Å². The fraction of sp³-hybridized carbons (Fsp3) is 0.312. The Hall–Kier alpha value is -2.03. The summed E-state index contributed by atoms with van der Waals surface area (Å²) in [4.78, 5) is 6.16. The molecule has 0 radical (unpaired) electrons. The molecule has 1 unspecified atom stereocenters. The van der Waals surface area contributed by atoms with Gasteiger partial charge in [0.1, 0.15) is 0 Å². The summed E-state index contributed by atoms with van der Waals surface area (Å²) in [5, 5.41) is 3.55. The molecule has 2 aromatic rings. The quantitative estimate of drug-likeness (QED) is 0.904. The van der Waals surface area contributed by atoms with Crippen LogP contribution >= 0.6 is 0 Å². The van der Waals surface area contributed by atoms with E-state index >= 15 is 0 Å². The maximum Gasteiger partial charge on any atom is 0.0486 e. The van der Waals surface area contributed by atoms with E-state index in [1.807, 2.05) is 24.5 Å². The molecule has 0 aliphatic heterocycles. The molecule has 100 valence electrons. The average molecular weight is 255 g/mol. The first-order valence-electron chi connectivity index (χ1n) is 6.52. The second kappa shape index (κ2) is 5.74. The fourth-order valence-electron chi connectivity index (χ4n) is 2.06. The van der Waals surface area contributed by atoms with Gasteiger partial charge in [-0.05, 0) is 55.3 Å². The summed E-state index contributed by atoms with van der Waals surface area (Å²) >= 11 is 0. The molecular formula is C16H21N3. The van der Waals surface area contributed by atoms with E-state index in [1.54, 1.807) is 0 Å². The van der Waals surface area contributed by atoms with E-state index < -0.39 is 0 Å². The Morgan fingerprint density at radius 1 is 1.11 bits per heavy atom. The predicted octanol–water partition coefficient (Wildman–Crippen LogP) is 3.63. The van der Waals surface area contributed by atoms with E-state index in [4.69, 9.17) is 0 Å². The van der Waals surface area contributed by atoms with Crippen LogP contribution in [-0.4, -0.2) is 19.1 Å². The lowest BCUT2D eigenvalue weighted by Gasteiger charge is -2.19. The first-order chi connectivity index (χ1) is 9.08. The van der Waals surface area contributed by atoms with Crippen molar-refractivity contribution in [2.45, 2.75) is 19.9 Å². The molecular weight excluding hydrogens is 234 g/mol. The number of pyridine rings is 1. The highest BCUT2D eigenvalue weighted by Gasteiger charge is 2.07. The summed E-state index contributed by atoms with van der Waals surface area (Å²) in [5.74, 6) is 0. The number of nitrogens with zero attached hydrogens (tertiary/aromatic N) is 2. The van der Waals surface area contributed by atoms with Crippen LogP contribution in [0.3, 0.4) is 0 Å². The van der Waals surface area contributed by atoms with Crippen LogP contribution in [0.15, 0.2) is 42.7 Å². The lowest BCUT2D eigenvalue weighted by atomic mass is 10.1. The second-order valence-corrected chi connectivity index (χ2v) is 5.04. The summed E-state index contributed by atoms with van der Waals surface area (Å²) in [6, 6.07) is 10.8. The van der Waals surface area contributed by atoms with Gasteiger partial charge in [-0.1, -0.05) is 0 Å². The van der Waals surface area contributed by atoms with E-state index in [0.29, 0.717) is 0 Å².